The molecule has 0 spiro atoms. The molecule has 0 bridgehead atoms. The van der Waals surface area contributed by atoms with E-state index in [1.807, 2.05) is 31.2 Å². The molecule has 3 aromatic rings. The molecule has 1 fully saturated rings. The minimum atomic E-state index is -0.496. The highest BCUT2D eigenvalue weighted by atomic mass is 35.5. The van der Waals surface area contributed by atoms with E-state index in [0.29, 0.717) is 5.56 Å². The van der Waals surface area contributed by atoms with E-state index in [4.69, 9.17) is 27.9 Å². The van der Waals surface area contributed by atoms with Gasteiger partial charge in [-0.05, 0) is 54.0 Å². The van der Waals surface area contributed by atoms with Crippen LogP contribution in [0.5, 0.6) is 5.75 Å². The van der Waals surface area contributed by atoms with Crippen molar-refractivity contribution in [2.24, 2.45) is 0 Å². The van der Waals surface area contributed by atoms with Gasteiger partial charge in [0.2, 0.25) is 0 Å². The van der Waals surface area contributed by atoms with Crippen LogP contribution >= 0.6 is 23.2 Å². The number of imide groups is 1. The number of hydrogen-bond donors (Lipinski definition) is 1. The third-order valence-corrected chi connectivity index (χ3v) is 5.58. The molecule has 0 aliphatic carbocycles. The minimum absolute atomic E-state index is 0.125. The molecular weight excluding hydrogens is 466 g/mol. The fraction of sp³-hybridized carbons (Fsp3) is 0.120. The number of ether oxygens (including phenoxy) is 1. The van der Waals surface area contributed by atoms with Gasteiger partial charge in [-0.3, -0.25) is 9.69 Å². The number of carbonyl (C=O) groups is 2. The molecule has 168 valence electrons. The van der Waals surface area contributed by atoms with Gasteiger partial charge in [0.1, 0.15) is 18.1 Å². The number of aryl methyl sites for hydroxylation is 1. The average molecular weight is 485 g/mol. The molecule has 1 heterocycles. The van der Waals surface area contributed by atoms with Crippen molar-refractivity contribution in [3.63, 3.8) is 0 Å². The summed E-state index contributed by atoms with van der Waals surface area (Å²) in [5.41, 5.74) is 3.30. The smallest absolute Gasteiger partial charge is 0.329 e. The van der Waals surface area contributed by atoms with Crippen LogP contribution in [0.4, 0.5) is 9.18 Å². The zero-order valence-corrected chi connectivity index (χ0v) is 19.1. The van der Waals surface area contributed by atoms with E-state index in [-0.39, 0.29) is 40.5 Å². The van der Waals surface area contributed by atoms with Crippen LogP contribution in [0.1, 0.15) is 22.3 Å². The first-order valence-corrected chi connectivity index (χ1v) is 10.8. The van der Waals surface area contributed by atoms with Crippen LogP contribution in [-0.2, 0) is 17.9 Å². The molecule has 1 aliphatic heterocycles. The molecule has 0 saturated carbocycles. The van der Waals surface area contributed by atoms with Gasteiger partial charge in [0.15, 0.2) is 5.75 Å². The maximum Gasteiger partial charge on any atom is 0.329 e. The molecule has 33 heavy (non-hydrogen) atoms. The SMILES string of the molecule is Cc1cccc(CN2C(=O)N/C(=C/c3cc(Cl)c(OCc4ccc(F)cc4)c(Cl)c3)C2=O)c1. The van der Waals surface area contributed by atoms with E-state index in [1.54, 1.807) is 24.3 Å². The fourth-order valence-corrected chi connectivity index (χ4v) is 4.02. The standard InChI is InChI=1S/C25H19Cl2FN2O3/c1-15-3-2-4-17(9-15)13-30-24(31)22(29-25(30)32)12-18-10-20(26)23(21(27)11-18)33-14-16-5-7-19(28)8-6-16/h2-12H,13-14H2,1H3,(H,29,32)/b22-12+. The third kappa shape index (κ3) is 5.35. The topological polar surface area (TPSA) is 58.6 Å². The van der Waals surface area contributed by atoms with Crippen LogP contribution < -0.4 is 10.1 Å². The van der Waals surface area contributed by atoms with Crippen molar-refractivity contribution in [1.29, 1.82) is 0 Å². The normalized spacial score (nSPS) is 14.7. The van der Waals surface area contributed by atoms with Crippen LogP contribution in [0, 0.1) is 12.7 Å². The van der Waals surface area contributed by atoms with Gasteiger partial charge in [-0.2, -0.15) is 0 Å². The van der Waals surface area contributed by atoms with Gasteiger partial charge in [-0.15, -0.1) is 0 Å². The highest BCUT2D eigenvalue weighted by molar-refractivity contribution is 6.37. The molecule has 1 N–H and O–H groups in total. The van der Waals surface area contributed by atoms with Crippen molar-refractivity contribution in [1.82, 2.24) is 10.2 Å². The molecule has 3 aromatic carbocycles. The molecular formula is C25H19Cl2FN2O3. The minimum Gasteiger partial charge on any atom is -0.486 e. The number of benzene rings is 3. The molecule has 0 atom stereocenters. The first kappa shape index (κ1) is 22.8. The van der Waals surface area contributed by atoms with Gasteiger partial charge < -0.3 is 10.1 Å². The number of urea groups is 1. The van der Waals surface area contributed by atoms with Gasteiger partial charge in [0.05, 0.1) is 16.6 Å². The lowest BCUT2D eigenvalue weighted by atomic mass is 10.1. The summed E-state index contributed by atoms with van der Waals surface area (Å²) in [7, 11) is 0. The monoisotopic (exact) mass is 484 g/mol. The lowest BCUT2D eigenvalue weighted by molar-refractivity contribution is -0.123. The van der Waals surface area contributed by atoms with E-state index in [0.717, 1.165) is 21.6 Å². The molecule has 0 aromatic heterocycles. The first-order valence-electron chi connectivity index (χ1n) is 10.1. The van der Waals surface area contributed by atoms with E-state index in [9.17, 15) is 14.0 Å². The first-order chi connectivity index (χ1) is 15.8. The summed E-state index contributed by atoms with van der Waals surface area (Å²) < 4.78 is 18.7. The average Bonchev–Trinajstić information content (AvgIpc) is 3.02. The Morgan fingerprint density at radius 1 is 1.00 bits per heavy atom. The highest BCUT2D eigenvalue weighted by Crippen LogP contribution is 2.35. The van der Waals surface area contributed by atoms with Crippen molar-refractivity contribution in [3.05, 3.63) is 104 Å². The number of nitrogens with one attached hydrogen (secondary N) is 1. The van der Waals surface area contributed by atoms with Crippen LogP contribution in [0.25, 0.3) is 6.08 Å². The van der Waals surface area contributed by atoms with Gasteiger partial charge in [-0.25, -0.2) is 9.18 Å². The number of carbonyl (C=O) groups excluding carboxylic acids is 2. The number of nitrogens with zero attached hydrogens (tertiary/aromatic N) is 1. The second-order valence-corrected chi connectivity index (χ2v) is 8.41. The quantitative estimate of drug-likeness (QED) is 0.339. The molecule has 5 nitrogen and oxygen atoms in total. The molecule has 1 aliphatic rings. The van der Waals surface area contributed by atoms with Gasteiger partial charge >= 0.3 is 6.03 Å². The Labute approximate surface area is 200 Å². The van der Waals surface area contributed by atoms with Crippen molar-refractivity contribution < 1.29 is 18.7 Å². The van der Waals surface area contributed by atoms with E-state index in [1.165, 1.54) is 18.2 Å². The predicted octanol–water partition coefficient (Wildman–Crippen LogP) is 6.11. The van der Waals surface area contributed by atoms with Crippen LogP contribution in [0.2, 0.25) is 10.0 Å². The van der Waals surface area contributed by atoms with Crippen molar-refractivity contribution in [3.8, 4) is 5.75 Å². The lowest BCUT2D eigenvalue weighted by Crippen LogP contribution is -2.30. The molecule has 0 unspecified atom stereocenters. The van der Waals surface area contributed by atoms with Gasteiger partial charge in [0, 0.05) is 0 Å². The van der Waals surface area contributed by atoms with Crippen molar-refractivity contribution >= 4 is 41.2 Å². The van der Waals surface area contributed by atoms with E-state index < -0.39 is 11.9 Å². The van der Waals surface area contributed by atoms with Gasteiger partial charge in [-0.1, -0.05) is 65.2 Å². The number of halogens is 3. The second kappa shape index (κ2) is 9.65. The Morgan fingerprint density at radius 2 is 1.70 bits per heavy atom. The van der Waals surface area contributed by atoms with Crippen molar-refractivity contribution in [2.45, 2.75) is 20.1 Å². The molecule has 3 amide bonds. The van der Waals surface area contributed by atoms with Gasteiger partial charge in [0.25, 0.3) is 5.91 Å². The summed E-state index contributed by atoms with van der Waals surface area (Å²) in [5.74, 6) is -0.503. The largest absolute Gasteiger partial charge is 0.486 e. The zero-order valence-electron chi connectivity index (χ0n) is 17.6. The Bertz CT molecular complexity index is 1240. The molecule has 4 rings (SSSR count). The highest BCUT2D eigenvalue weighted by Gasteiger charge is 2.33. The van der Waals surface area contributed by atoms with Crippen molar-refractivity contribution in [2.75, 3.05) is 0 Å². The summed E-state index contributed by atoms with van der Waals surface area (Å²) in [5, 5.41) is 3.07. The lowest BCUT2D eigenvalue weighted by Gasteiger charge is -2.12. The number of amides is 3. The van der Waals surface area contributed by atoms with Crippen LogP contribution in [-0.4, -0.2) is 16.8 Å². The Hall–Kier alpha value is -3.35. The second-order valence-electron chi connectivity index (χ2n) is 7.60. The molecule has 1 saturated heterocycles. The summed E-state index contributed by atoms with van der Waals surface area (Å²) in [4.78, 5) is 26.3. The van der Waals surface area contributed by atoms with E-state index in [2.05, 4.69) is 5.32 Å². The maximum atomic E-state index is 13.0. The Balaban J connectivity index is 1.49. The summed E-state index contributed by atoms with van der Waals surface area (Å²) in [6.45, 7) is 2.27. The fourth-order valence-electron chi connectivity index (χ4n) is 3.41. The third-order valence-electron chi connectivity index (χ3n) is 5.01. The summed E-state index contributed by atoms with van der Waals surface area (Å²) >= 11 is 12.7. The van der Waals surface area contributed by atoms with Crippen LogP contribution in [0.15, 0.2) is 66.4 Å². The number of rotatable bonds is 6. The summed E-state index contributed by atoms with van der Waals surface area (Å²) in [6.07, 6.45) is 1.51. The molecule has 8 heteroatoms. The zero-order chi connectivity index (χ0) is 23.5. The Morgan fingerprint density at radius 3 is 2.36 bits per heavy atom. The maximum absolute atomic E-state index is 13.0. The predicted molar refractivity (Wildman–Crippen MR) is 125 cm³/mol. The Kier molecular flexibility index (Phi) is 6.67. The number of hydrogen-bond acceptors (Lipinski definition) is 3. The van der Waals surface area contributed by atoms with E-state index >= 15 is 0 Å². The summed E-state index contributed by atoms with van der Waals surface area (Å²) in [6, 6.07) is 16.2. The molecule has 0 radical (unpaired) electrons. The van der Waals surface area contributed by atoms with Crippen LogP contribution in [0.3, 0.4) is 0 Å².